The summed E-state index contributed by atoms with van der Waals surface area (Å²) in [6.07, 6.45) is 0. The van der Waals surface area contributed by atoms with Gasteiger partial charge in [-0.05, 0) is 25.0 Å². The smallest absolute Gasteiger partial charge is 0.339 e. The Labute approximate surface area is 116 Å². The van der Waals surface area contributed by atoms with E-state index in [1.165, 1.54) is 0 Å². The molecule has 2 rings (SSSR count). The number of rotatable bonds is 2. The van der Waals surface area contributed by atoms with Gasteiger partial charge >= 0.3 is 6.03 Å². The topological polar surface area (TPSA) is 79.7 Å². The van der Waals surface area contributed by atoms with Crippen LogP contribution in [0.3, 0.4) is 0 Å². The second kappa shape index (κ2) is 5.95. The molecule has 0 saturated carbocycles. The molecule has 5 heteroatoms. The van der Waals surface area contributed by atoms with E-state index in [0.29, 0.717) is 16.6 Å². The molecule has 102 valence electrons. The van der Waals surface area contributed by atoms with Crippen LogP contribution < -0.4 is 5.73 Å². The van der Waals surface area contributed by atoms with Crippen molar-refractivity contribution in [3.8, 4) is 23.2 Å². The fourth-order valence-electron chi connectivity index (χ4n) is 1.59. The highest BCUT2D eigenvalue weighted by atomic mass is 16.5. The van der Waals surface area contributed by atoms with Crippen molar-refractivity contribution in [3.05, 3.63) is 48.2 Å². The largest absolute Gasteiger partial charge is 0.448 e. The van der Waals surface area contributed by atoms with Gasteiger partial charge in [0.2, 0.25) is 0 Å². The number of carbonyl (C=O) groups is 1. The minimum Gasteiger partial charge on any atom is -0.448 e. The average Bonchev–Trinajstić information content (AvgIpc) is 2.93. The third kappa shape index (κ3) is 3.19. The van der Waals surface area contributed by atoms with Crippen LogP contribution in [0.4, 0.5) is 4.79 Å². The molecule has 0 spiro atoms. The van der Waals surface area contributed by atoms with Gasteiger partial charge in [0.15, 0.2) is 5.76 Å². The monoisotopic (exact) mass is 270 g/mol. The Balaban J connectivity index is 2.13. The van der Waals surface area contributed by atoms with Crippen LogP contribution in [0.1, 0.15) is 12.7 Å². The van der Waals surface area contributed by atoms with E-state index in [1.54, 1.807) is 13.0 Å². The third-order valence-electron chi connectivity index (χ3n) is 2.66. The second-order valence-electron chi connectivity index (χ2n) is 4.16. The van der Waals surface area contributed by atoms with Crippen molar-refractivity contribution in [1.29, 1.82) is 0 Å². The summed E-state index contributed by atoms with van der Waals surface area (Å²) >= 11 is 0. The number of hydrogen-bond donors (Lipinski definition) is 2. The molecule has 1 aromatic heterocycles. The Kier molecular flexibility index (Phi) is 4.08. The van der Waals surface area contributed by atoms with E-state index < -0.39 is 12.1 Å². The summed E-state index contributed by atoms with van der Waals surface area (Å²) in [5.41, 5.74) is 5.88. The van der Waals surface area contributed by atoms with Crippen molar-refractivity contribution in [2.75, 3.05) is 0 Å². The molecule has 0 fully saturated rings. The fraction of sp³-hybridized carbons (Fsp3) is 0.133. The molecule has 0 aliphatic heterocycles. The lowest BCUT2D eigenvalue weighted by Gasteiger charge is -2.14. The minimum atomic E-state index is -0.948. The first-order valence-corrected chi connectivity index (χ1v) is 6.02. The standard InChI is InChI=1S/C15H14N2O3/c1-11(17(19)15(16)18)7-8-13-9-10-14(20-13)12-5-3-2-4-6-12/h2-6,9-11,19H,1H3,(H2,16,18). The van der Waals surface area contributed by atoms with Gasteiger partial charge in [0.05, 0.1) is 0 Å². The SMILES string of the molecule is CC(C#Cc1ccc(-c2ccccc2)o1)N(O)C(N)=O. The number of hydroxylamine groups is 2. The molecule has 3 N–H and O–H groups in total. The maximum absolute atomic E-state index is 10.7. The van der Waals surface area contributed by atoms with E-state index in [9.17, 15) is 10.0 Å². The van der Waals surface area contributed by atoms with Crippen LogP contribution in [-0.2, 0) is 0 Å². The number of amides is 2. The van der Waals surface area contributed by atoms with Gasteiger partial charge in [0.25, 0.3) is 0 Å². The third-order valence-corrected chi connectivity index (χ3v) is 2.66. The second-order valence-corrected chi connectivity index (χ2v) is 4.16. The van der Waals surface area contributed by atoms with Gasteiger partial charge in [0.1, 0.15) is 11.8 Å². The van der Waals surface area contributed by atoms with Gasteiger partial charge in [-0.25, -0.2) is 4.79 Å². The van der Waals surface area contributed by atoms with Crippen molar-refractivity contribution in [2.24, 2.45) is 5.73 Å². The summed E-state index contributed by atoms with van der Waals surface area (Å²) in [6.45, 7) is 1.55. The number of nitrogens with zero attached hydrogens (tertiary/aromatic N) is 1. The molecule has 0 radical (unpaired) electrons. The molecule has 1 atom stereocenters. The van der Waals surface area contributed by atoms with Crippen molar-refractivity contribution < 1.29 is 14.4 Å². The summed E-state index contributed by atoms with van der Waals surface area (Å²) in [5, 5.41) is 9.65. The number of furan rings is 1. The Bertz CT molecular complexity index is 653. The Morgan fingerprint density at radius 1 is 1.30 bits per heavy atom. The number of hydrogen-bond acceptors (Lipinski definition) is 3. The molecule has 1 unspecified atom stereocenters. The number of primary amides is 1. The van der Waals surface area contributed by atoms with Crippen molar-refractivity contribution >= 4 is 6.03 Å². The van der Waals surface area contributed by atoms with Crippen LogP contribution in [0.15, 0.2) is 46.9 Å². The zero-order chi connectivity index (χ0) is 14.5. The van der Waals surface area contributed by atoms with E-state index in [-0.39, 0.29) is 0 Å². The molecule has 1 heterocycles. The molecular formula is C15H14N2O3. The average molecular weight is 270 g/mol. The first-order chi connectivity index (χ1) is 9.58. The lowest BCUT2D eigenvalue weighted by atomic mass is 10.2. The van der Waals surface area contributed by atoms with Crippen LogP contribution >= 0.6 is 0 Å². The van der Waals surface area contributed by atoms with E-state index in [2.05, 4.69) is 11.8 Å². The van der Waals surface area contributed by atoms with Crippen molar-refractivity contribution in [1.82, 2.24) is 5.06 Å². The van der Waals surface area contributed by atoms with Gasteiger partial charge in [-0.1, -0.05) is 36.3 Å². The maximum Gasteiger partial charge on any atom is 0.339 e. The summed E-state index contributed by atoms with van der Waals surface area (Å²) in [5.74, 6) is 6.58. The van der Waals surface area contributed by atoms with Gasteiger partial charge in [-0.15, -0.1) is 0 Å². The molecule has 20 heavy (non-hydrogen) atoms. The highest BCUT2D eigenvalue weighted by Gasteiger charge is 2.12. The Morgan fingerprint density at radius 3 is 2.65 bits per heavy atom. The number of urea groups is 1. The highest BCUT2D eigenvalue weighted by molar-refractivity contribution is 5.71. The van der Waals surface area contributed by atoms with E-state index >= 15 is 0 Å². The lowest BCUT2D eigenvalue weighted by Crippen LogP contribution is -2.38. The van der Waals surface area contributed by atoms with E-state index in [0.717, 1.165) is 5.56 Å². The van der Waals surface area contributed by atoms with Gasteiger partial charge < -0.3 is 10.2 Å². The summed E-state index contributed by atoms with van der Waals surface area (Å²) in [4.78, 5) is 10.7. The molecule has 0 saturated heterocycles. The summed E-state index contributed by atoms with van der Waals surface area (Å²) in [6, 6.07) is 11.5. The summed E-state index contributed by atoms with van der Waals surface area (Å²) in [7, 11) is 0. The van der Waals surface area contributed by atoms with Crippen LogP contribution in [0.25, 0.3) is 11.3 Å². The fourth-order valence-corrected chi connectivity index (χ4v) is 1.59. The number of carbonyl (C=O) groups excluding carboxylic acids is 1. The van der Waals surface area contributed by atoms with Gasteiger partial charge in [0, 0.05) is 5.56 Å². The lowest BCUT2D eigenvalue weighted by molar-refractivity contribution is -0.0536. The van der Waals surface area contributed by atoms with Crippen LogP contribution in [0, 0.1) is 11.8 Å². The van der Waals surface area contributed by atoms with E-state index in [1.807, 2.05) is 36.4 Å². The first-order valence-electron chi connectivity index (χ1n) is 6.02. The predicted molar refractivity (Wildman–Crippen MR) is 73.7 cm³/mol. The van der Waals surface area contributed by atoms with Crippen molar-refractivity contribution in [2.45, 2.75) is 13.0 Å². The number of nitrogens with two attached hydrogens (primary N) is 1. The van der Waals surface area contributed by atoms with Crippen LogP contribution in [-0.4, -0.2) is 22.3 Å². The van der Waals surface area contributed by atoms with E-state index in [4.69, 9.17) is 10.2 Å². The van der Waals surface area contributed by atoms with Crippen molar-refractivity contribution in [3.63, 3.8) is 0 Å². The van der Waals surface area contributed by atoms with Gasteiger partial charge in [-0.2, -0.15) is 5.06 Å². The molecule has 1 aromatic carbocycles. The summed E-state index contributed by atoms with van der Waals surface area (Å²) < 4.78 is 5.57. The quantitative estimate of drug-likeness (QED) is 0.499. The molecule has 2 aromatic rings. The van der Waals surface area contributed by atoms with Crippen LogP contribution in [0.5, 0.6) is 0 Å². The predicted octanol–water partition coefficient (Wildman–Crippen LogP) is 2.46. The molecule has 2 amide bonds. The maximum atomic E-state index is 10.7. The minimum absolute atomic E-state index is 0.369. The highest BCUT2D eigenvalue weighted by Crippen LogP contribution is 2.21. The Hall–Kier alpha value is -2.71. The first kappa shape index (κ1) is 13.7. The van der Waals surface area contributed by atoms with Gasteiger partial charge in [-0.3, -0.25) is 5.21 Å². The molecule has 5 nitrogen and oxygen atoms in total. The normalized spacial score (nSPS) is 11.3. The Morgan fingerprint density at radius 2 is 2.00 bits per heavy atom. The van der Waals surface area contributed by atoms with Crippen LogP contribution in [0.2, 0.25) is 0 Å². The molecule has 0 bridgehead atoms. The zero-order valence-electron chi connectivity index (χ0n) is 10.9. The number of benzene rings is 1. The molecule has 0 aliphatic carbocycles. The zero-order valence-corrected chi connectivity index (χ0v) is 10.9. The molecule has 0 aliphatic rings. The molecular weight excluding hydrogens is 256 g/mol.